The lowest BCUT2D eigenvalue weighted by atomic mass is 10.2. The summed E-state index contributed by atoms with van der Waals surface area (Å²) in [7, 11) is 0. The van der Waals surface area contributed by atoms with E-state index in [1.54, 1.807) is 0 Å². The van der Waals surface area contributed by atoms with Gasteiger partial charge in [0, 0.05) is 12.1 Å². The number of alkyl halides is 3. The fourth-order valence-electron chi connectivity index (χ4n) is 2.12. The monoisotopic (exact) mass is 439 g/mol. The molecule has 156 valence electrons. The Morgan fingerprint density at radius 1 is 1.38 bits per heavy atom. The molecule has 0 aliphatic heterocycles. The molecule has 0 radical (unpaired) electrons. The van der Waals surface area contributed by atoms with Crippen LogP contribution in [0.3, 0.4) is 0 Å². The van der Waals surface area contributed by atoms with Gasteiger partial charge in [-0.15, -0.1) is 0 Å². The first-order valence-electron chi connectivity index (χ1n) is 7.58. The lowest BCUT2D eigenvalue weighted by Crippen LogP contribution is -2.25. The molecule has 29 heavy (non-hydrogen) atoms. The van der Waals surface area contributed by atoms with Gasteiger partial charge in [-0.25, -0.2) is 14.2 Å². The number of nitro groups is 1. The zero-order valence-corrected chi connectivity index (χ0v) is 15.1. The van der Waals surface area contributed by atoms with Crippen LogP contribution in [-0.2, 0) is 15.7 Å². The molecule has 0 bridgehead atoms. The van der Waals surface area contributed by atoms with Gasteiger partial charge in [-0.2, -0.15) is 13.2 Å². The summed E-state index contributed by atoms with van der Waals surface area (Å²) in [5, 5.41) is 9.89. The van der Waals surface area contributed by atoms with Crippen molar-refractivity contribution in [1.82, 2.24) is 9.55 Å². The fourth-order valence-corrected chi connectivity index (χ4v) is 2.36. The van der Waals surface area contributed by atoms with E-state index in [4.69, 9.17) is 16.3 Å². The quantitative estimate of drug-likeness (QED) is 0.294. The molecule has 0 spiro atoms. The van der Waals surface area contributed by atoms with Crippen LogP contribution in [0.2, 0.25) is 5.02 Å². The number of rotatable bonds is 6. The molecule has 0 fully saturated rings. The Hall–Kier alpha value is -3.22. The Kier molecular flexibility index (Phi) is 6.41. The second-order valence-corrected chi connectivity index (χ2v) is 5.58. The van der Waals surface area contributed by atoms with Crippen LogP contribution >= 0.6 is 11.6 Å². The standard InChI is InChI=1S/C15H10ClF4N3O6/c1-2-28-11(24)5-29-10-3-7(17)8(4-9(10)23(26)27)22-6-21-13(15(18,19)20)12(16)14(22)25/h3-4,6H,2,5H2,1H3. The second-order valence-electron chi connectivity index (χ2n) is 5.20. The van der Waals surface area contributed by atoms with Crippen molar-refractivity contribution in [3.63, 3.8) is 0 Å². The normalized spacial score (nSPS) is 11.2. The molecule has 0 N–H and O–H groups in total. The van der Waals surface area contributed by atoms with Crippen molar-refractivity contribution in [2.75, 3.05) is 13.2 Å². The molecule has 0 saturated carbocycles. The van der Waals surface area contributed by atoms with E-state index in [0.717, 1.165) is 0 Å². The highest BCUT2D eigenvalue weighted by molar-refractivity contribution is 6.31. The van der Waals surface area contributed by atoms with Crippen LogP contribution in [0.4, 0.5) is 23.2 Å². The minimum absolute atomic E-state index is 0.0161. The van der Waals surface area contributed by atoms with Gasteiger partial charge >= 0.3 is 17.8 Å². The smallest absolute Gasteiger partial charge is 0.435 e. The maximum Gasteiger partial charge on any atom is 0.435 e. The van der Waals surface area contributed by atoms with Crippen molar-refractivity contribution in [3.8, 4) is 11.4 Å². The van der Waals surface area contributed by atoms with Crippen molar-refractivity contribution in [2.24, 2.45) is 0 Å². The molecule has 2 aromatic rings. The van der Waals surface area contributed by atoms with Crippen LogP contribution in [0.25, 0.3) is 5.69 Å². The summed E-state index contributed by atoms with van der Waals surface area (Å²) in [5.74, 6) is -2.82. The van der Waals surface area contributed by atoms with E-state index in [2.05, 4.69) is 9.72 Å². The van der Waals surface area contributed by atoms with Gasteiger partial charge < -0.3 is 9.47 Å². The lowest BCUT2D eigenvalue weighted by molar-refractivity contribution is -0.385. The van der Waals surface area contributed by atoms with Gasteiger partial charge in [0.05, 0.1) is 17.2 Å². The van der Waals surface area contributed by atoms with Crippen molar-refractivity contribution in [3.05, 3.63) is 55.5 Å². The number of nitro benzene ring substituents is 1. The Balaban J connectivity index is 2.54. The van der Waals surface area contributed by atoms with E-state index >= 15 is 0 Å². The van der Waals surface area contributed by atoms with Gasteiger partial charge in [0.15, 0.2) is 18.1 Å². The number of halogens is 5. The summed E-state index contributed by atoms with van der Waals surface area (Å²) in [5.41, 5.74) is -4.85. The molecule has 0 saturated heterocycles. The number of carbonyl (C=O) groups excluding carboxylic acids is 1. The maximum absolute atomic E-state index is 14.4. The Bertz CT molecular complexity index is 1020. The van der Waals surface area contributed by atoms with Crippen LogP contribution in [0.5, 0.6) is 5.75 Å². The van der Waals surface area contributed by atoms with E-state index in [1.807, 2.05) is 0 Å². The number of nitrogens with zero attached hydrogens (tertiary/aromatic N) is 3. The average Bonchev–Trinajstić information content (AvgIpc) is 2.61. The Morgan fingerprint density at radius 3 is 2.59 bits per heavy atom. The summed E-state index contributed by atoms with van der Waals surface area (Å²) in [6, 6.07) is 1.02. The Morgan fingerprint density at radius 2 is 2.03 bits per heavy atom. The van der Waals surface area contributed by atoms with Crippen LogP contribution in [0.15, 0.2) is 23.3 Å². The molecule has 0 amide bonds. The molecule has 1 heterocycles. The molecule has 2 rings (SSSR count). The van der Waals surface area contributed by atoms with E-state index in [1.165, 1.54) is 6.92 Å². The molecule has 1 aromatic heterocycles. The van der Waals surface area contributed by atoms with Gasteiger partial charge in [0.2, 0.25) is 5.75 Å². The molecule has 9 nitrogen and oxygen atoms in total. The number of benzene rings is 1. The number of aromatic nitrogens is 2. The summed E-state index contributed by atoms with van der Waals surface area (Å²) in [6.45, 7) is 0.763. The molecule has 0 aliphatic carbocycles. The van der Waals surface area contributed by atoms with Crippen LogP contribution in [0, 0.1) is 15.9 Å². The summed E-state index contributed by atoms with van der Waals surface area (Å²) < 4.78 is 62.4. The summed E-state index contributed by atoms with van der Waals surface area (Å²) in [4.78, 5) is 36.6. The van der Waals surface area contributed by atoms with Crippen LogP contribution in [0.1, 0.15) is 12.6 Å². The fraction of sp³-hybridized carbons (Fsp3) is 0.267. The van der Waals surface area contributed by atoms with Crippen molar-refractivity contribution >= 4 is 23.3 Å². The van der Waals surface area contributed by atoms with E-state index in [-0.39, 0.29) is 11.2 Å². The number of esters is 1. The maximum atomic E-state index is 14.4. The first kappa shape index (κ1) is 22.1. The highest BCUT2D eigenvalue weighted by Crippen LogP contribution is 2.33. The van der Waals surface area contributed by atoms with Gasteiger partial charge in [-0.3, -0.25) is 19.5 Å². The van der Waals surface area contributed by atoms with E-state index in [9.17, 15) is 37.3 Å². The molecular weight excluding hydrogens is 430 g/mol. The zero-order valence-electron chi connectivity index (χ0n) is 14.3. The zero-order chi connectivity index (χ0) is 21.9. The largest absolute Gasteiger partial charge is 0.475 e. The minimum atomic E-state index is -5.04. The topological polar surface area (TPSA) is 114 Å². The first-order valence-corrected chi connectivity index (χ1v) is 7.96. The average molecular weight is 440 g/mol. The SMILES string of the molecule is CCOC(=O)COc1cc(F)c(-n2cnc(C(F)(F)F)c(Cl)c2=O)cc1[N+](=O)[O-]. The van der Waals surface area contributed by atoms with Gasteiger partial charge in [0.25, 0.3) is 5.56 Å². The van der Waals surface area contributed by atoms with E-state index in [0.29, 0.717) is 18.5 Å². The molecule has 0 unspecified atom stereocenters. The summed E-state index contributed by atoms with van der Waals surface area (Å²) >= 11 is 5.38. The number of ether oxygens (including phenoxy) is 2. The Labute approximate surface area is 163 Å². The number of hydrogen-bond donors (Lipinski definition) is 0. The second kappa shape index (κ2) is 8.43. The van der Waals surface area contributed by atoms with Crippen molar-refractivity contribution in [1.29, 1.82) is 0 Å². The third-order valence-electron chi connectivity index (χ3n) is 3.32. The number of carbonyl (C=O) groups is 1. The minimum Gasteiger partial charge on any atom is -0.475 e. The third-order valence-corrected chi connectivity index (χ3v) is 3.66. The lowest BCUT2D eigenvalue weighted by Gasteiger charge is -2.12. The van der Waals surface area contributed by atoms with Crippen molar-refractivity contribution in [2.45, 2.75) is 13.1 Å². The van der Waals surface area contributed by atoms with Crippen molar-refractivity contribution < 1.29 is 36.8 Å². The molecule has 0 atom stereocenters. The van der Waals surface area contributed by atoms with Crippen LogP contribution in [-0.4, -0.2) is 33.7 Å². The highest BCUT2D eigenvalue weighted by Gasteiger charge is 2.37. The molecule has 1 aromatic carbocycles. The predicted molar refractivity (Wildman–Crippen MR) is 88.6 cm³/mol. The molecular formula is C15H10ClF4N3O6. The van der Waals surface area contributed by atoms with Crippen LogP contribution < -0.4 is 10.3 Å². The van der Waals surface area contributed by atoms with Gasteiger partial charge in [-0.05, 0) is 6.92 Å². The third kappa shape index (κ3) is 4.80. The first-order chi connectivity index (χ1) is 13.5. The molecule has 14 heteroatoms. The number of hydrogen-bond acceptors (Lipinski definition) is 7. The van der Waals surface area contributed by atoms with E-state index < -0.39 is 62.9 Å². The van der Waals surface area contributed by atoms with Gasteiger partial charge in [0.1, 0.15) is 11.3 Å². The predicted octanol–water partition coefficient (Wildman–Crippen LogP) is 2.89. The molecule has 0 aliphatic rings. The summed E-state index contributed by atoms with van der Waals surface area (Å²) in [6.07, 6.45) is -4.71. The highest BCUT2D eigenvalue weighted by atomic mass is 35.5. The van der Waals surface area contributed by atoms with Gasteiger partial charge in [-0.1, -0.05) is 11.6 Å².